The molecule has 3 aromatic carbocycles. The molecule has 0 heterocycles. The maximum atomic E-state index is 5.75. The molecule has 0 amide bonds. The van der Waals surface area contributed by atoms with Crippen molar-refractivity contribution in [2.75, 3.05) is 11.4 Å². The SMILES string of the molecule is CCCCCC(C)(C)c1ccc(N(c2ccc(CCCN)cc2)c2ccc(C(C)(C)CCCCC)cc2)cc1. The number of hydrogen-bond acceptors (Lipinski definition) is 2. The molecule has 3 rings (SSSR count). The van der Waals surface area contributed by atoms with Crippen molar-refractivity contribution in [2.45, 2.75) is 117 Å². The van der Waals surface area contributed by atoms with Crippen molar-refractivity contribution in [2.24, 2.45) is 5.73 Å². The Morgan fingerprint density at radius 2 is 0.923 bits per heavy atom. The first-order valence-corrected chi connectivity index (χ1v) is 15.5. The molecule has 39 heavy (non-hydrogen) atoms. The summed E-state index contributed by atoms with van der Waals surface area (Å²) in [6, 6.07) is 27.6. The van der Waals surface area contributed by atoms with Crippen LogP contribution in [0.1, 0.15) is 116 Å². The number of benzene rings is 3. The second kappa shape index (κ2) is 14.7. The van der Waals surface area contributed by atoms with Gasteiger partial charge in [-0.1, -0.05) is 116 Å². The van der Waals surface area contributed by atoms with Gasteiger partial charge in [0.15, 0.2) is 0 Å². The minimum absolute atomic E-state index is 0.189. The Balaban J connectivity index is 1.93. The number of unbranched alkanes of at least 4 members (excludes halogenated alkanes) is 4. The lowest BCUT2D eigenvalue weighted by atomic mass is 9.80. The highest BCUT2D eigenvalue weighted by Crippen LogP contribution is 2.38. The van der Waals surface area contributed by atoms with Crippen LogP contribution >= 0.6 is 0 Å². The smallest absolute Gasteiger partial charge is 0.0461 e. The summed E-state index contributed by atoms with van der Waals surface area (Å²) in [5.74, 6) is 0. The molecule has 0 saturated carbocycles. The summed E-state index contributed by atoms with van der Waals surface area (Å²) in [6.45, 7) is 14.8. The van der Waals surface area contributed by atoms with Gasteiger partial charge in [0.1, 0.15) is 0 Å². The quantitative estimate of drug-likeness (QED) is 0.188. The monoisotopic (exact) mass is 526 g/mol. The summed E-state index contributed by atoms with van der Waals surface area (Å²) < 4.78 is 0. The van der Waals surface area contributed by atoms with Gasteiger partial charge in [0, 0.05) is 17.1 Å². The number of nitrogens with zero attached hydrogens (tertiary/aromatic N) is 1. The fraction of sp³-hybridized carbons (Fsp3) is 0.514. The van der Waals surface area contributed by atoms with Gasteiger partial charge in [-0.2, -0.15) is 0 Å². The first kappa shape index (κ1) is 31.0. The summed E-state index contributed by atoms with van der Waals surface area (Å²) in [7, 11) is 0. The topological polar surface area (TPSA) is 29.3 Å². The lowest BCUT2D eigenvalue weighted by molar-refractivity contribution is 0.450. The van der Waals surface area contributed by atoms with Crippen LogP contribution in [-0.4, -0.2) is 6.54 Å². The van der Waals surface area contributed by atoms with Gasteiger partial charge in [0.2, 0.25) is 0 Å². The first-order chi connectivity index (χ1) is 18.7. The van der Waals surface area contributed by atoms with Crippen molar-refractivity contribution < 1.29 is 0 Å². The van der Waals surface area contributed by atoms with Crippen LogP contribution in [0.15, 0.2) is 72.8 Å². The first-order valence-electron chi connectivity index (χ1n) is 15.5. The third-order valence-electron chi connectivity index (χ3n) is 8.49. The number of hydrogen-bond donors (Lipinski definition) is 1. The average Bonchev–Trinajstić information content (AvgIpc) is 2.93. The molecule has 212 valence electrons. The maximum absolute atomic E-state index is 5.75. The maximum Gasteiger partial charge on any atom is 0.0461 e. The fourth-order valence-electron chi connectivity index (χ4n) is 5.61. The molecular formula is C37H54N2. The van der Waals surface area contributed by atoms with Gasteiger partial charge in [-0.15, -0.1) is 0 Å². The Morgan fingerprint density at radius 1 is 0.538 bits per heavy atom. The van der Waals surface area contributed by atoms with Gasteiger partial charge in [0.05, 0.1) is 0 Å². The zero-order valence-corrected chi connectivity index (χ0v) is 25.7. The van der Waals surface area contributed by atoms with Crippen molar-refractivity contribution in [3.8, 4) is 0 Å². The zero-order valence-electron chi connectivity index (χ0n) is 25.7. The Labute approximate surface area is 240 Å². The predicted octanol–water partition coefficient (Wildman–Crippen LogP) is 10.8. The Morgan fingerprint density at radius 3 is 1.28 bits per heavy atom. The van der Waals surface area contributed by atoms with E-state index in [1.54, 1.807) is 0 Å². The largest absolute Gasteiger partial charge is 0.330 e. The van der Waals surface area contributed by atoms with Crippen molar-refractivity contribution in [3.05, 3.63) is 89.5 Å². The van der Waals surface area contributed by atoms with Crippen LogP contribution in [0.5, 0.6) is 0 Å². The van der Waals surface area contributed by atoms with Gasteiger partial charge in [-0.3, -0.25) is 0 Å². The van der Waals surface area contributed by atoms with Crippen LogP contribution < -0.4 is 10.6 Å². The lowest BCUT2D eigenvalue weighted by Gasteiger charge is -2.30. The van der Waals surface area contributed by atoms with Crippen LogP contribution in [0, 0.1) is 0 Å². The van der Waals surface area contributed by atoms with Gasteiger partial charge >= 0.3 is 0 Å². The molecule has 0 spiro atoms. The second-order valence-corrected chi connectivity index (χ2v) is 12.7. The molecule has 2 heteroatoms. The van der Waals surface area contributed by atoms with Crippen LogP contribution in [0.3, 0.4) is 0 Å². The zero-order chi connectivity index (χ0) is 28.3. The van der Waals surface area contributed by atoms with Crippen LogP contribution in [0.4, 0.5) is 17.1 Å². The molecule has 0 fully saturated rings. The number of aryl methyl sites for hydroxylation is 1. The highest BCUT2D eigenvalue weighted by Gasteiger charge is 2.22. The van der Waals surface area contributed by atoms with E-state index in [1.165, 1.54) is 85.1 Å². The fourth-order valence-corrected chi connectivity index (χ4v) is 5.61. The third-order valence-corrected chi connectivity index (χ3v) is 8.49. The van der Waals surface area contributed by atoms with Crippen molar-refractivity contribution >= 4 is 17.1 Å². The van der Waals surface area contributed by atoms with Gasteiger partial charge < -0.3 is 10.6 Å². The Kier molecular flexibility index (Phi) is 11.7. The third kappa shape index (κ3) is 8.70. The van der Waals surface area contributed by atoms with Crippen LogP contribution in [0.25, 0.3) is 0 Å². The van der Waals surface area contributed by atoms with Crippen molar-refractivity contribution in [1.82, 2.24) is 0 Å². The van der Waals surface area contributed by atoms with E-state index < -0.39 is 0 Å². The molecule has 0 aliphatic rings. The molecule has 0 aromatic heterocycles. The molecule has 0 aliphatic heterocycles. The van der Waals surface area contributed by atoms with E-state index in [4.69, 9.17) is 5.73 Å². The van der Waals surface area contributed by atoms with Crippen LogP contribution in [-0.2, 0) is 17.3 Å². The standard InChI is InChI=1S/C37H54N2/c1-7-9-11-27-36(3,4)31-17-23-34(24-18-31)39(33-21-15-30(16-22-33)14-13-29-38)35-25-19-32(20-26-35)37(5,6)28-12-10-8-2/h15-26H,7-14,27-29,38H2,1-6H3. The Bertz CT molecular complexity index is 1030. The molecule has 0 aliphatic carbocycles. The summed E-state index contributed by atoms with van der Waals surface area (Å²) in [4.78, 5) is 2.40. The molecule has 0 atom stereocenters. The van der Waals surface area contributed by atoms with Crippen LogP contribution in [0.2, 0.25) is 0 Å². The normalized spacial score (nSPS) is 12.1. The van der Waals surface area contributed by atoms with Gasteiger partial charge in [-0.05, 0) is 96.1 Å². The van der Waals surface area contributed by atoms with Crippen molar-refractivity contribution in [3.63, 3.8) is 0 Å². The molecule has 0 bridgehead atoms. The van der Waals surface area contributed by atoms with E-state index in [1.807, 2.05) is 0 Å². The molecule has 3 aromatic rings. The summed E-state index contributed by atoms with van der Waals surface area (Å²) in [5, 5.41) is 0. The molecule has 2 N–H and O–H groups in total. The molecule has 0 saturated heterocycles. The number of rotatable bonds is 16. The van der Waals surface area contributed by atoms with E-state index in [0.717, 1.165) is 19.4 Å². The Hall–Kier alpha value is -2.58. The van der Waals surface area contributed by atoms with E-state index in [-0.39, 0.29) is 10.8 Å². The van der Waals surface area contributed by atoms with E-state index in [2.05, 4.69) is 119 Å². The average molecular weight is 527 g/mol. The minimum Gasteiger partial charge on any atom is -0.330 e. The lowest BCUT2D eigenvalue weighted by Crippen LogP contribution is -2.18. The van der Waals surface area contributed by atoms with E-state index in [9.17, 15) is 0 Å². The number of anilines is 3. The van der Waals surface area contributed by atoms with Gasteiger partial charge in [-0.25, -0.2) is 0 Å². The highest BCUT2D eigenvalue weighted by atomic mass is 15.1. The second-order valence-electron chi connectivity index (χ2n) is 12.7. The predicted molar refractivity (Wildman–Crippen MR) is 173 cm³/mol. The van der Waals surface area contributed by atoms with E-state index >= 15 is 0 Å². The molecule has 0 radical (unpaired) electrons. The molecule has 0 unspecified atom stereocenters. The van der Waals surface area contributed by atoms with E-state index in [0.29, 0.717) is 0 Å². The highest BCUT2D eigenvalue weighted by molar-refractivity contribution is 5.76. The number of nitrogens with two attached hydrogens (primary N) is 1. The summed E-state index contributed by atoms with van der Waals surface area (Å²) in [6.07, 6.45) is 12.2. The van der Waals surface area contributed by atoms with Gasteiger partial charge in [0.25, 0.3) is 0 Å². The molecular weight excluding hydrogens is 472 g/mol. The minimum atomic E-state index is 0.189. The summed E-state index contributed by atoms with van der Waals surface area (Å²) in [5.41, 5.74) is 13.9. The van der Waals surface area contributed by atoms with Crippen molar-refractivity contribution in [1.29, 1.82) is 0 Å². The molecule has 2 nitrogen and oxygen atoms in total. The summed E-state index contributed by atoms with van der Waals surface area (Å²) >= 11 is 0.